The lowest BCUT2D eigenvalue weighted by atomic mass is 9.96. The molecule has 2 amide bonds. The first-order valence-corrected chi connectivity index (χ1v) is 14.5. The zero-order chi connectivity index (χ0) is 28.3. The maximum absolute atomic E-state index is 13.6. The summed E-state index contributed by atoms with van der Waals surface area (Å²) in [6.45, 7) is 0.802. The van der Waals surface area contributed by atoms with Gasteiger partial charge in [-0.25, -0.2) is 12.8 Å². The lowest BCUT2D eigenvalue weighted by molar-refractivity contribution is -0.119. The number of ether oxygens (including phenoxy) is 2. The number of likely N-dealkylation sites (tertiary alicyclic amines) is 1. The number of hydrogen-bond acceptors (Lipinski definition) is 6. The van der Waals surface area contributed by atoms with Gasteiger partial charge in [0.2, 0.25) is 15.9 Å². The molecule has 0 aromatic heterocycles. The molecule has 0 aliphatic carbocycles. The smallest absolute Gasteiger partial charge is 0.254 e. The molecule has 0 radical (unpaired) electrons. The Morgan fingerprint density at radius 1 is 1.05 bits per heavy atom. The summed E-state index contributed by atoms with van der Waals surface area (Å²) in [5, 5.41) is 2.82. The van der Waals surface area contributed by atoms with Gasteiger partial charge in [-0.15, -0.1) is 0 Å². The Balaban J connectivity index is 1.37. The number of carbonyl (C=O) groups excluding carboxylic acids is 2. The number of sulfonamides is 1. The molecule has 2 saturated heterocycles. The van der Waals surface area contributed by atoms with E-state index in [1.165, 1.54) is 54.5 Å². The van der Waals surface area contributed by atoms with Crippen molar-refractivity contribution in [2.24, 2.45) is 0 Å². The average Bonchev–Trinajstić information content (AvgIpc) is 3.63. The molecule has 2 heterocycles. The molecule has 3 aromatic carbocycles. The van der Waals surface area contributed by atoms with Gasteiger partial charge in [-0.3, -0.25) is 9.59 Å². The van der Waals surface area contributed by atoms with Gasteiger partial charge in [0.1, 0.15) is 28.7 Å². The Bertz CT molecular complexity index is 1480. The molecule has 0 saturated carbocycles. The zero-order valence-corrected chi connectivity index (χ0v) is 22.7. The second-order valence-corrected chi connectivity index (χ2v) is 11.5. The highest BCUT2D eigenvalue weighted by Gasteiger charge is 2.40. The standard InChI is InChI=1S/C29H30FN3O6S/c1-38-25-17-23(13-14-26(25)40(36,37)32-27-8-5-15-39-27)31-28(34)24-16-21(19-6-3-2-4-7-19)18-33(24)29(35)20-9-11-22(30)12-10-20/h2-4,6-7,9-14,17,21,24,27,32H,5,8,15-16,18H2,1H3,(H,31,34)/t21-,24+,27+/m1/s1. The number of amides is 2. The predicted octanol–water partition coefficient (Wildman–Crippen LogP) is 3.89. The Kier molecular flexibility index (Phi) is 8.15. The summed E-state index contributed by atoms with van der Waals surface area (Å²) in [4.78, 5) is 28.4. The summed E-state index contributed by atoms with van der Waals surface area (Å²) >= 11 is 0. The number of carbonyl (C=O) groups is 2. The first-order valence-electron chi connectivity index (χ1n) is 13.0. The van der Waals surface area contributed by atoms with Gasteiger partial charge < -0.3 is 19.7 Å². The largest absolute Gasteiger partial charge is 0.495 e. The van der Waals surface area contributed by atoms with Crippen LogP contribution in [0.4, 0.5) is 10.1 Å². The fourth-order valence-electron chi connectivity index (χ4n) is 5.13. The number of nitrogens with zero attached hydrogens (tertiary/aromatic N) is 1. The van der Waals surface area contributed by atoms with Crippen LogP contribution in [0.5, 0.6) is 5.75 Å². The Hall–Kier alpha value is -3.80. The van der Waals surface area contributed by atoms with E-state index in [1.807, 2.05) is 30.3 Å². The zero-order valence-electron chi connectivity index (χ0n) is 21.9. The molecule has 2 aliphatic rings. The summed E-state index contributed by atoms with van der Waals surface area (Å²) in [6.07, 6.45) is 1.13. The second-order valence-electron chi connectivity index (χ2n) is 9.80. The van der Waals surface area contributed by atoms with E-state index >= 15 is 0 Å². The molecule has 3 aromatic rings. The third-order valence-electron chi connectivity index (χ3n) is 7.16. The van der Waals surface area contributed by atoms with E-state index in [0.29, 0.717) is 31.7 Å². The number of methoxy groups -OCH3 is 1. The SMILES string of the molecule is COc1cc(NC(=O)[C@@H]2C[C@@H](c3ccccc3)CN2C(=O)c2ccc(F)cc2)ccc1S(=O)(=O)N[C@@H]1CCCO1. The quantitative estimate of drug-likeness (QED) is 0.427. The molecule has 11 heteroatoms. The van der Waals surface area contributed by atoms with Gasteiger partial charge in [-0.2, -0.15) is 4.72 Å². The molecule has 5 rings (SSSR count). The molecule has 2 aliphatic heterocycles. The molecular weight excluding hydrogens is 537 g/mol. The molecule has 0 unspecified atom stereocenters. The van der Waals surface area contributed by atoms with E-state index in [-0.39, 0.29) is 28.0 Å². The first kappa shape index (κ1) is 27.8. The van der Waals surface area contributed by atoms with E-state index < -0.39 is 34.0 Å². The van der Waals surface area contributed by atoms with Crippen LogP contribution in [-0.2, 0) is 19.6 Å². The predicted molar refractivity (Wildman–Crippen MR) is 146 cm³/mol. The third-order valence-corrected chi connectivity index (χ3v) is 8.65. The number of anilines is 1. The van der Waals surface area contributed by atoms with E-state index in [0.717, 1.165) is 12.0 Å². The van der Waals surface area contributed by atoms with Crippen molar-refractivity contribution in [3.8, 4) is 5.75 Å². The number of benzene rings is 3. The second kappa shape index (κ2) is 11.7. The number of nitrogens with one attached hydrogen (secondary N) is 2. The van der Waals surface area contributed by atoms with Crippen LogP contribution in [0.1, 0.15) is 41.1 Å². The monoisotopic (exact) mass is 567 g/mol. The summed E-state index contributed by atoms with van der Waals surface area (Å²) in [5.74, 6) is -1.29. The summed E-state index contributed by atoms with van der Waals surface area (Å²) in [7, 11) is -2.59. The van der Waals surface area contributed by atoms with Crippen LogP contribution in [0.25, 0.3) is 0 Å². The fourth-order valence-corrected chi connectivity index (χ4v) is 6.45. The molecule has 0 bridgehead atoms. The lowest BCUT2D eigenvalue weighted by Crippen LogP contribution is -2.43. The van der Waals surface area contributed by atoms with Gasteiger partial charge in [0.15, 0.2) is 0 Å². The number of rotatable bonds is 8. The minimum absolute atomic E-state index is 0.0520. The third kappa shape index (κ3) is 6.01. The normalized spacial score (nSPS) is 20.9. The highest BCUT2D eigenvalue weighted by Crippen LogP contribution is 2.34. The number of halogens is 1. The van der Waals surface area contributed by atoms with E-state index in [1.54, 1.807) is 0 Å². The van der Waals surface area contributed by atoms with Crippen LogP contribution in [0.15, 0.2) is 77.7 Å². The lowest BCUT2D eigenvalue weighted by Gasteiger charge is -2.24. The van der Waals surface area contributed by atoms with Gasteiger partial charge in [0, 0.05) is 36.4 Å². The van der Waals surface area contributed by atoms with E-state index in [2.05, 4.69) is 10.0 Å². The van der Waals surface area contributed by atoms with Crippen LogP contribution in [0.3, 0.4) is 0 Å². The van der Waals surface area contributed by atoms with Gasteiger partial charge in [-0.1, -0.05) is 30.3 Å². The maximum atomic E-state index is 13.6. The minimum atomic E-state index is -3.93. The van der Waals surface area contributed by atoms with Crippen molar-refractivity contribution in [2.45, 2.75) is 42.3 Å². The molecule has 40 heavy (non-hydrogen) atoms. The van der Waals surface area contributed by atoms with Gasteiger partial charge >= 0.3 is 0 Å². The van der Waals surface area contributed by atoms with Crippen LogP contribution < -0.4 is 14.8 Å². The Morgan fingerprint density at radius 2 is 1.80 bits per heavy atom. The summed E-state index contributed by atoms with van der Waals surface area (Å²) < 4.78 is 52.6. The topological polar surface area (TPSA) is 114 Å². The van der Waals surface area contributed by atoms with E-state index in [4.69, 9.17) is 9.47 Å². The van der Waals surface area contributed by atoms with Crippen molar-refractivity contribution < 1.29 is 31.9 Å². The van der Waals surface area contributed by atoms with Crippen LogP contribution >= 0.6 is 0 Å². The maximum Gasteiger partial charge on any atom is 0.254 e. The Morgan fingerprint density at radius 3 is 2.48 bits per heavy atom. The highest BCUT2D eigenvalue weighted by atomic mass is 32.2. The molecular formula is C29H30FN3O6S. The van der Waals surface area contributed by atoms with Gasteiger partial charge in [0.05, 0.1) is 7.11 Å². The van der Waals surface area contributed by atoms with E-state index in [9.17, 15) is 22.4 Å². The van der Waals surface area contributed by atoms with Crippen molar-refractivity contribution in [2.75, 3.05) is 25.6 Å². The summed E-state index contributed by atoms with van der Waals surface area (Å²) in [6, 6.07) is 18.3. The molecule has 2 N–H and O–H groups in total. The highest BCUT2D eigenvalue weighted by molar-refractivity contribution is 7.89. The molecule has 210 valence electrons. The molecule has 0 spiro atoms. The fraction of sp³-hybridized carbons (Fsp3) is 0.310. The average molecular weight is 568 g/mol. The minimum Gasteiger partial charge on any atom is -0.495 e. The molecule has 3 atom stereocenters. The Labute approximate surface area is 232 Å². The van der Waals surface area contributed by atoms with Crippen molar-refractivity contribution in [3.05, 3.63) is 89.7 Å². The van der Waals surface area contributed by atoms with Crippen LogP contribution in [-0.4, -0.2) is 57.7 Å². The number of hydrogen-bond donors (Lipinski definition) is 2. The molecule has 9 nitrogen and oxygen atoms in total. The van der Waals surface area contributed by atoms with Crippen molar-refractivity contribution >= 4 is 27.5 Å². The van der Waals surface area contributed by atoms with Crippen LogP contribution in [0.2, 0.25) is 0 Å². The molecule has 2 fully saturated rings. The van der Waals surface area contributed by atoms with Crippen molar-refractivity contribution in [3.63, 3.8) is 0 Å². The van der Waals surface area contributed by atoms with Gasteiger partial charge in [0.25, 0.3) is 5.91 Å². The first-order chi connectivity index (χ1) is 19.2. The van der Waals surface area contributed by atoms with Gasteiger partial charge in [-0.05, 0) is 61.2 Å². The van der Waals surface area contributed by atoms with Crippen LogP contribution in [0, 0.1) is 5.82 Å². The van der Waals surface area contributed by atoms with Crippen molar-refractivity contribution in [1.29, 1.82) is 0 Å². The van der Waals surface area contributed by atoms with Crippen molar-refractivity contribution in [1.82, 2.24) is 9.62 Å². The summed E-state index contributed by atoms with van der Waals surface area (Å²) in [5.41, 5.74) is 1.60.